The van der Waals surface area contributed by atoms with E-state index in [1.807, 2.05) is 24.3 Å². The van der Waals surface area contributed by atoms with Gasteiger partial charge in [-0.15, -0.1) is 0 Å². The lowest BCUT2D eigenvalue weighted by Crippen LogP contribution is -2.27. The molecule has 16 heavy (non-hydrogen) atoms. The highest BCUT2D eigenvalue weighted by molar-refractivity contribution is 5.84. The Labute approximate surface area is 93.4 Å². The molecule has 4 N–H and O–H groups in total. The summed E-state index contributed by atoms with van der Waals surface area (Å²) in [4.78, 5) is 4.04. The summed E-state index contributed by atoms with van der Waals surface area (Å²) in [5.41, 5.74) is 5.93. The van der Waals surface area contributed by atoms with E-state index < -0.39 is 12.2 Å². The van der Waals surface area contributed by atoms with E-state index in [2.05, 4.69) is 4.98 Å². The number of pyridine rings is 1. The minimum absolute atomic E-state index is 0.0182. The van der Waals surface area contributed by atoms with Crippen LogP contribution in [0.15, 0.2) is 36.7 Å². The average molecular weight is 218 g/mol. The van der Waals surface area contributed by atoms with Crippen molar-refractivity contribution in [1.82, 2.24) is 4.98 Å². The third-order valence-corrected chi connectivity index (χ3v) is 2.62. The summed E-state index contributed by atoms with van der Waals surface area (Å²) < 4.78 is 0. The van der Waals surface area contributed by atoms with Crippen LogP contribution >= 0.6 is 0 Å². The third-order valence-electron chi connectivity index (χ3n) is 2.62. The molecule has 0 radical (unpaired) electrons. The Morgan fingerprint density at radius 1 is 1.19 bits per heavy atom. The molecule has 2 rings (SSSR count). The van der Waals surface area contributed by atoms with Gasteiger partial charge in [0.1, 0.15) is 6.10 Å². The highest BCUT2D eigenvalue weighted by Gasteiger charge is 2.18. The van der Waals surface area contributed by atoms with Gasteiger partial charge in [0.05, 0.1) is 6.10 Å². The molecule has 4 nitrogen and oxygen atoms in total. The number of benzene rings is 1. The highest BCUT2D eigenvalue weighted by atomic mass is 16.3. The smallest absolute Gasteiger partial charge is 0.108 e. The van der Waals surface area contributed by atoms with E-state index in [4.69, 9.17) is 5.73 Å². The minimum atomic E-state index is -0.997. The van der Waals surface area contributed by atoms with Crippen molar-refractivity contribution in [3.05, 3.63) is 42.2 Å². The molecule has 0 amide bonds. The van der Waals surface area contributed by atoms with Gasteiger partial charge in [0.15, 0.2) is 0 Å². The first-order valence-electron chi connectivity index (χ1n) is 5.13. The monoisotopic (exact) mass is 218 g/mol. The van der Waals surface area contributed by atoms with E-state index in [0.29, 0.717) is 5.56 Å². The molecular weight excluding hydrogens is 204 g/mol. The molecule has 4 heteroatoms. The van der Waals surface area contributed by atoms with Crippen LogP contribution in [0.2, 0.25) is 0 Å². The second-order valence-electron chi connectivity index (χ2n) is 3.70. The molecule has 2 aromatic rings. The van der Waals surface area contributed by atoms with Crippen LogP contribution < -0.4 is 5.73 Å². The van der Waals surface area contributed by atoms with Crippen molar-refractivity contribution in [2.45, 2.75) is 12.2 Å². The number of rotatable bonds is 3. The van der Waals surface area contributed by atoms with Gasteiger partial charge in [-0.25, -0.2) is 0 Å². The molecular formula is C12H14N2O2. The van der Waals surface area contributed by atoms with E-state index in [9.17, 15) is 10.2 Å². The first-order chi connectivity index (χ1) is 7.74. The number of fused-ring (bicyclic) bond motifs is 1. The average Bonchev–Trinajstić information content (AvgIpc) is 2.36. The van der Waals surface area contributed by atoms with Gasteiger partial charge in [-0.3, -0.25) is 4.98 Å². The molecule has 0 aliphatic heterocycles. The number of nitrogens with two attached hydrogens (primary N) is 1. The maximum Gasteiger partial charge on any atom is 0.108 e. The zero-order valence-electron chi connectivity index (χ0n) is 8.74. The fourth-order valence-electron chi connectivity index (χ4n) is 1.71. The van der Waals surface area contributed by atoms with E-state index >= 15 is 0 Å². The van der Waals surface area contributed by atoms with E-state index in [1.165, 1.54) is 0 Å². The molecule has 0 spiro atoms. The van der Waals surface area contributed by atoms with Gasteiger partial charge in [0.25, 0.3) is 0 Å². The largest absolute Gasteiger partial charge is 0.389 e. The van der Waals surface area contributed by atoms with E-state index in [-0.39, 0.29) is 6.54 Å². The van der Waals surface area contributed by atoms with Crippen LogP contribution in [0.1, 0.15) is 11.7 Å². The topological polar surface area (TPSA) is 79.4 Å². The molecule has 0 aliphatic rings. The minimum Gasteiger partial charge on any atom is -0.389 e. The number of aliphatic hydroxyl groups is 2. The zero-order valence-corrected chi connectivity index (χ0v) is 8.74. The third kappa shape index (κ3) is 1.90. The number of aromatic nitrogens is 1. The van der Waals surface area contributed by atoms with Gasteiger partial charge >= 0.3 is 0 Å². The molecule has 1 aromatic carbocycles. The summed E-state index contributed by atoms with van der Waals surface area (Å²) in [5.74, 6) is 0. The lowest BCUT2D eigenvalue weighted by molar-refractivity contribution is 0.0250. The number of hydrogen-bond donors (Lipinski definition) is 3. The first-order valence-corrected chi connectivity index (χ1v) is 5.13. The van der Waals surface area contributed by atoms with Crippen molar-refractivity contribution in [2.24, 2.45) is 5.73 Å². The van der Waals surface area contributed by atoms with Crippen molar-refractivity contribution in [1.29, 1.82) is 0 Å². The van der Waals surface area contributed by atoms with E-state index in [0.717, 1.165) is 10.8 Å². The van der Waals surface area contributed by atoms with Crippen LogP contribution in [0, 0.1) is 0 Å². The van der Waals surface area contributed by atoms with Crippen molar-refractivity contribution < 1.29 is 10.2 Å². The van der Waals surface area contributed by atoms with Crippen LogP contribution in [-0.4, -0.2) is 27.8 Å². The predicted molar refractivity (Wildman–Crippen MR) is 61.8 cm³/mol. The van der Waals surface area contributed by atoms with Crippen LogP contribution in [-0.2, 0) is 0 Å². The first kappa shape index (κ1) is 11.0. The van der Waals surface area contributed by atoms with Crippen molar-refractivity contribution >= 4 is 10.8 Å². The predicted octanol–water partition coefficient (Wildman–Crippen LogP) is 0.588. The Morgan fingerprint density at radius 2 is 1.94 bits per heavy atom. The maximum absolute atomic E-state index is 9.92. The summed E-state index contributed by atoms with van der Waals surface area (Å²) in [6, 6.07) is 7.58. The Bertz CT molecular complexity index is 482. The van der Waals surface area contributed by atoms with Crippen molar-refractivity contribution in [2.75, 3.05) is 6.54 Å². The molecule has 0 saturated carbocycles. The molecule has 2 unspecified atom stereocenters. The number of hydrogen-bond acceptors (Lipinski definition) is 4. The quantitative estimate of drug-likeness (QED) is 0.704. The second-order valence-corrected chi connectivity index (χ2v) is 3.70. The number of aliphatic hydroxyl groups excluding tert-OH is 2. The molecule has 0 aliphatic carbocycles. The van der Waals surface area contributed by atoms with Gasteiger partial charge in [-0.05, 0) is 5.39 Å². The number of nitrogens with zero attached hydrogens (tertiary/aromatic N) is 1. The van der Waals surface area contributed by atoms with Crippen molar-refractivity contribution in [3.8, 4) is 0 Å². The van der Waals surface area contributed by atoms with Crippen LogP contribution in [0.4, 0.5) is 0 Å². The van der Waals surface area contributed by atoms with E-state index in [1.54, 1.807) is 12.4 Å². The van der Waals surface area contributed by atoms with Gasteiger partial charge in [0, 0.05) is 29.9 Å². The summed E-state index contributed by atoms with van der Waals surface area (Å²) in [6.45, 7) is 0.0182. The van der Waals surface area contributed by atoms with Crippen LogP contribution in [0.25, 0.3) is 10.8 Å². The van der Waals surface area contributed by atoms with Gasteiger partial charge in [-0.2, -0.15) is 0 Å². The van der Waals surface area contributed by atoms with Gasteiger partial charge in [-0.1, -0.05) is 24.3 Å². The lowest BCUT2D eigenvalue weighted by Gasteiger charge is -2.17. The standard InChI is InChI=1S/C12H14N2O2/c13-5-11(15)12(16)10-7-14-6-8-3-1-2-4-9(8)10/h1-4,6-7,11-12,15-16H,5,13H2. The maximum atomic E-state index is 9.92. The second kappa shape index (κ2) is 4.57. The zero-order chi connectivity index (χ0) is 11.5. The fourth-order valence-corrected chi connectivity index (χ4v) is 1.71. The molecule has 84 valence electrons. The molecule has 0 saturated heterocycles. The van der Waals surface area contributed by atoms with Gasteiger partial charge in [0.2, 0.25) is 0 Å². The SMILES string of the molecule is NCC(O)C(O)c1cncc2ccccc12. The van der Waals surface area contributed by atoms with Crippen LogP contribution in [0.5, 0.6) is 0 Å². The Balaban J connectivity index is 2.52. The highest BCUT2D eigenvalue weighted by Crippen LogP contribution is 2.24. The summed E-state index contributed by atoms with van der Waals surface area (Å²) in [7, 11) is 0. The molecule has 0 bridgehead atoms. The fraction of sp³-hybridized carbons (Fsp3) is 0.250. The molecule has 1 heterocycles. The Morgan fingerprint density at radius 3 is 2.69 bits per heavy atom. The molecule has 0 fully saturated rings. The lowest BCUT2D eigenvalue weighted by atomic mass is 10.0. The summed E-state index contributed by atoms with van der Waals surface area (Å²) in [6.07, 6.45) is 1.32. The summed E-state index contributed by atoms with van der Waals surface area (Å²) >= 11 is 0. The van der Waals surface area contributed by atoms with Crippen LogP contribution in [0.3, 0.4) is 0 Å². The summed E-state index contributed by atoms with van der Waals surface area (Å²) in [5, 5.41) is 21.3. The Hall–Kier alpha value is -1.49. The molecule has 2 atom stereocenters. The van der Waals surface area contributed by atoms with Gasteiger partial charge < -0.3 is 15.9 Å². The Kier molecular flexibility index (Phi) is 3.14. The van der Waals surface area contributed by atoms with Crippen molar-refractivity contribution in [3.63, 3.8) is 0 Å². The molecule has 1 aromatic heterocycles. The normalized spacial score (nSPS) is 14.9.